The molecule has 2 heterocycles. The molecule has 0 atom stereocenters. The molecule has 2 aliphatic carbocycles. The van der Waals surface area contributed by atoms with E-state index < -0.39 is 22.5 Å². The standard InChI is InChI=1S/C46H32F2O2S2/c1-25-5-13-29(14-6-25)45(30-15-7-26(2)8-16-30)35-21-33(23-49)51-43(35)37-39(45)41(47)38-40(42(37)48)46(31-17-9-27(3)10-18-31,32-19-11-28(4)12-20-32)36-22-34(24-50)52-44(36)38/h5-24H,1-4H3. The molecule has 0 unspecified atom stereocenters. The van der Waals surface area contributed by atoms with Gasteiger partial charge in [0.2, 0.25) is 0 Å². The number of halogens is 2. The summed E-state index contributed by atoms with van der Waals surface area (Å²) in [7, 11) is 0. The van der Waals surface area contributed by atoms with Crippen LogP contribution in [0.3, 0.4) is 0 Å². The van der Waals surface area contributed by atoms with Gasteiger partial charge in [-0.25, -0.2) is 8.78 Å². The molecule has 0 saturated heterocycles. The summed E-state index contributed by atoms with van der Waals surface area (Å²) in [4.78, 5) is 26.9. The van der Waals surface area contributed by atoms with E-state index in [1.54, 1.807) is 0 Å². The second kappa shape index (κ2) is 11.6. The lowest BCUT2D eigenvalue weighted by molar-refractivity contribution is 0.111. The summed E-state index contributed by atoms with van der Waals surface area (Å²) in [6, 6.07) is 35.4. The molecular weight excluding hydrogens is 687 g/mol. The van der Waals surface area contributed by atoms with Crippen LogP contribution in [-0.4, -0.2) is 12.6 Å². The van der Waals surface area contributed by atoms with Crippen molar-refractivity contribution in [3.05, 3.63) is 197 Å². The van der Waals surface area contributed by atoms with Gasteiger partial charge >= 0.3 is 0 Å². The van der Waals surface area contributed by atoms with Crippen molar-refractivity contribution < 1.29 is 18.4 Å². The zero-order valence-electron chi connectivity index (χ0n) is 28.9. The van der Waals surface area contributed by atoms with Crippen molar-refractivity contribution in [1.82, 2.24) is 0 Å². The Morgan fingerprint density at radius 2 is 0.731 bits per heavy atom. The number of fused-ring (bicyclic) bond motifs is 6. The fourth-order valence-corrected chi connectivity index (χ4v) is 10.9. The molecule has 0 saturated carbocycles. The van der Waals surface area contributed by atoms with Gasteiger partial charge in [0.05, 0.1) is 20.6 Å². The van der Waals surface area contributed by atoms with E-state index in [2.05, 4.69) is 0 Å². The Morgan fingerprint density at radius 1 is 0.462 bits per heavy atom. The maximum absolute atomic E-state index is 18.7. The molecule has 2 aliphatic rings. The maximum Gasteiger partial charge on any atom is 0.160 e. The van der Waals surface area contributed by atoms with Crippen LogP contribution >= 0.6 is 22.7 Å². The monoisotopic (exact) mass is 718 g/mol. The third-order valence-corrected chi connectivity index (χ3v) is 13.2. The molecule has 0 fully saturated rings. The first-order valence-electron chi connectivity index (χ1n) is 17.2. The average molecular weight is 719 g/mol. The Bertz CT molecular complexity index is 2320. The molecule has 7 aromatic rings. The Hall–Kier alpha value is -5.30. The van der Waals surface area contributed by atoms with E-state index >= 15 is 8.78 Å². The van der Waals surface area contributed by atoms with Crippen LogP contribution in [0.4, 0.5) is 8.78 Å². The van der Waals surface area contributed by atoms with Gasteiger partial charge in [0.1, 0.15) is 11.6 Å². The molecule has 0 radical (unpaired) electrons. The first-order chi connectivity index (χ1) is 25.1. The van der Waals surface area contributed by atoms with Crippen LogP contribution in [0.25, 0.3) is 20.9 Å². The van der Waals surface area contributed by atoms with Gasteiger partial charge in [-0.05, 0) is 73.2 Å². The van der Waals surface area contributed by atoms with E-state index in [0.29, 0.717) is 30.6 Å². The lowest BCUT2D eigenvalue weighted by atomic mass is 9.65. The third kappa shape index (κ3) is 4.19. The minimum atomic E-state index is -1.27. The van der Waals surface area contributed by atoms with Crippen LogP contribution in [-0.2, 0) is 10.8 Å². The highest BCUT2D eigenvalue weighted by molar-refractivity contribution is 7.18. The molecule has 0 aliphatic heterocycles. The van der Waals surface area contributed by atoms with Gasteiger partial charge in [0.25, 0.3) is 0 Å². The molecule has 0 N–H and O–H groups in total. The normalized spacial score (nSPS) is 14.4. The summed E-state index contributed by atoms with van der Waals surface area (Å²) < 4.78 is 37.4. The Kier molecular flexibility index (Phi) is 7.28. The van der Waals surface area contributed by atoms with Crippen molar-refractivity contribution in [3.8, 4) is 20.9 Å². The van der Waals surface area contributed by atoms with Crippen LogP contribution in [0.5, 0.6) is 0 Å². The number of rotatable bonds is 6. The Morgan fingerprint density at radius 3 is 0.981 bits per heavy atom. The van der Waals surface area contributed by atoms with Gasteiger partial charge in [0, 0.05) is 32.0 Å². The van der Waals surface area contributed by atoms with Crippen molar-refractivity contribution in [3.63, 3.8) is 0 Å². The number of aldehydes is 2. The SMILES string of the molecule is Cc1ccc(C2(c3ccc(C)cc3)c3cc(C=O)sc3-c3c(F)c4c(c(F)c32)-c2sc(C=O)cc2C4(c2ccc(C)cc2)c2ccc(C)cc2)cc1. The number of thiophene rings is 2. The minimum absolute atomic E-state index is 0.180. The average Bonchev–Trinajstić information content (AvgIpc) is 3.90. The van der Waals surface area contributed by atoms with Gasteiger partial charge in [-0.15, -0.1) is 22.7 Å². The summed E-state index contributed by atoms with van der Waals surface area (Å²) >= 11 is 2.40. The first-order valence-corrected chi connectivity index (χ1v) is 18.8. The van der Waals surface area contributed by atoms with Crippen molar-refractivity contribution in [2.75, 3.05) is 0 Å². The van der Waals surface area contributed by atoms with Gasteiger partial charge in [-0.2, -0.15) is 0 Å². The van der Waals surface area contributed by atoms with Crippen LogP contribution < -0.4 is 0 Å². The van der Waals surface area contributed by atoms with E-state index in [1.807, 2.05) is 137 Å². The molecular formula is C46H32F2O2S2. The highest BCUT2D eigenvalue weighted by atomic mass is 32.1. The lowest BCUT2D eigenvalue weighted by Gasteiger charge is -2.36. The van der Waals surface area contributed by atoms with E-state index in [9.17, 15) is 9.59 Å². The summed E-state index contributed by atoms with van der Waals surface area (Å²) in [5.41, 5.74) is 6.87. The van der Waals surface area contributed by atoms with Crippen molar-refractivity contribution in [2.45, 2.75) is 38.5 Å². The highest BCUT2D eigenvalue weighted by Gasteiger charge is 2.57. The molecule has 52 heavy (non-hydrogen) atoms. The van der Waals surface area contributed by atoms with Gasteiger partial charge in [0.15, 0.2) is 12.6 Å². The summed E-state index contributed by atoms with van der Waals surface area (Å²) in [6.45, 7) is 7.99. The Labute approximate surface area is 309 Å². The van der Waals surface area contributed by atoms with Crippen molar-refractivity contribution >= 4 is 35.2 Å². The zero-order valence-corrected chi connectivity index (χ0v) is 30.6. The smallest absolute Gasteiger partial charge is 0.160 e. The van der Waals surface area contributed by atoms with Crippen LogP contribution in [0, 0.1) is 39.3 Å². The van der Waals surface area contributed by atoms with Crippen LogP contribution in [0.2, 0.25) is 0 Å². The topological polar surface area (TPSA) is 34.1 Å². The molecule has 2 nitrogen and oxygen atoms in total. The molecule has 0 bridgehead atoms. The second-order valence-corrected chi connectivity index (χ2v) is 16.3. The summed E-state index contributed by atoms with van der Waals surface area (Å²) in [5.74, 6) is -1.05. The third-order valence-electron chi connectivity index (χ3n) is 11.1. The predicted octanol–water partition coefficient (Wildman–Crippen LogP) is 11.7. The van der Waals surface area contributed by atoms with Crippen molar-refractivity contribution in [2.24, 2.45) is 0 Å². The van der Waals surface area contributed by atoms with Gasteiger partial charge < -0.3 is 0 Å². The predicted molar refractivity (Wildman–Crippen MR) is 206 cm³/mol. The number of carbonyl (C=O) groups is 2. The minimum Gasteiger partial charge on any atom is -0.297 e. The zero-order chi connectivity index (χ0) is 36.1. The molecule has 6 heteroatoms. The van der Waals surface area contributed by atoms with Gasteiger partial charge in [-0.1, -0.05) is 119 Å². The summed E-state index contributed by atoms with van der Waals surface area (Å²) in [6.07, 6.45) is 1.58. The maximum atomic E-state index is 18.7. The van der Waals surface area contributed by atoms with E-state index in [1.165, 1.54) is 22.7 Å². The molecule has 0 spiro atoms. The highest BCUT2D eigenvalue weighted by Crippen LogP contribution is 2.67. The Balaban J connectivity index is 1.51. The first kappa shape index (κ1) is 32.6. The lowest BCUT2D eigenvalue weighted by Crippen LogP contribution is -2.32. The summed E-state index contributed by atoms with van der Waals surface area (Å²) in [5, 5.41) is 0. The molecule has 2 aromatic heterocycles. The second-order valence-electron chi connectivity index (χ2n) is 14.1. The van der Waals surface area contributed by atoms with E-state index in [4.69, 9.17) is 0 Å². The molecule has 254 valence electrons. The molecule has 5 aromatic carbocycles. The number of aryl methyl sites for hydroxylation is 4. The fraction of sp³-hybridized carbons (Fsp3) is 0.130. The fourth-order valence-electron chi connectivity index (χ4n) is 8.70. The van der Waals surface area contributed by atoms with E-state index in [-0.39, 0.29) is 22.3 Å². The van der Waals surface area contributed by atoms with E-state index in [0.717, 1.165) is 57.1 Å². The molecule has 0 amide bonds. The number of hydrogen-bond donors (Lipinski definition) is 0. The quantitative estimate of drug-likeness (QED) is 0.160. The van der Waals surface area contributed by atoms with Crippen LogP contribution in [0.15, 0.2) is 109 Å². The number of benzene rings is 5. The van der Waals surface area contributed by atoms with Gasteiger partial charge in [-0.3, -0.25) is 9.59 Å². The van der Waals surface area contributed by atoms with Crippen molar-refractivity contribution in [1.29, 1.82) is 0 Å². The largest absolute Gasteiger partial charge is 0.297 e. The number of carbonyl (C=O) groups excluding carboxylic acids is 2. The number of hydrogen-bond acceptors (Lipinski definition) is 4. The molecule has 9 rings (SSSR count). The van der Waals surface area contributed by atoms with Crippen LogP contribution in [0.1, 0.15) is 86.1 Å².